The minimum atomic E-state index is -4.06. The molecule has 194 valence electrons. The molecule has 0 unspecified atom stereocenters. The predicted molar refractivity (Wildman–Crippen MR) is 153 cm³/mol. The minimum absolute atomic E-state index is 0.0319. The summed E-state index contributed by atoms with van der Waals surface area (Å²) in [7, 11) is -2.60. The van der Waals surface area contributed by atoms with Crippen molar-refractivity contribution in [2.45, 2.75) is 21.1 Å². The summed E-state index contributed by atoms with van der Waals surface area (Å²) in [5.41, 5.74) is 2.70. The first-order valence-electron chi connectivity index (χ1n) is 11.7. The molecule has 38 heavy (non-hydrogen) atoms. The van der Waals surface area contributed by atoms with Gasteiger partial charge in [0.1, 0.15) is 10.6 Å². The second kappa shape index (κ2) is 11.0. The van der Waals surface area contributed by atoms with E-state index >= 15 is 0 Å². The first kappa shape index (κ1) is 26.0. The molecular weight excluding hydrogens is 542 g/mol. The Morgan fingerprint density at radius 1 is 0.921 bits per heavy atom. The molecule has 1 amide bonds. The SMILES string of the molecule is COc1ccccc1NS(=O)(=O)c1cc(NC(=O)CCN2c3ccccc3Sc3ccccc32)ccc1Cl. The van der Waals surface area contributed by atoms with E-state index in [-0.39, 0.29) is 27.9 Å². The number of anilines is 4. The quantitative estimate of drug-likeness (QED) is 0.245. The van der Waals surface area contributed by atoms with Crippen LogP contribution in [0.3, 0.4) is 0 Å². The third kappa shape index (κ3) is 5.45. The number of benzene rings is 4. The number of halogens is 1. The fourth-order valence-electron chi connectivity index (χ4n) is 4.17. The maximum atomic E-state index is 13.1. The van der Waals surface area contributed by atoms with Crippen LogP contribution < -0.4 is 19.7 Å². The largest absolute Gasteiger partial charge is 0.495 e. The lowest BCUT2D eigenvalue weighted by molar-refractivity contribution is -0.116. The zero-order valence-electron chi connectivity index (χ0n) is 20.3. The average molecular weight is 566 g/mol. The van der Waals surface area contributed by atoms with E-state index in [4.69, 9.17) is 16.3 Å². The van der Waals surface area contributed by atoms with E-state index in [0.717, 1.165) is 21.2 Å². The van der Waals surface area contributed by atoms with Crippen molar-refractivity contribution in [3.63, 3.8) is 0 Å². The Kier molecular flexibility index (Phi) is 7.51. The number of ether oxygens (including phenoxy) is 1. The summed E-state index contributed by atoms with van der Waals surface area (Å²) >= 11 is 7.95. The first-order chi connectivity index (χ1) is 18.4. The maximum Gasteiger partial charge on any atom is 0.263 e. The van der Waals surface area contributed by atoms with E-state index < -0.39 is 10.0 Å². The van der Waals surface area contributed by atoms with Crippen molar-refractivity contribution in [1.29, 1.82) is 0 Å². The second-order valence-electron chi connectivity index (χ2n) is 8.44. The Balaban J connectivity index is 1.31. The van der Waals surface area contributed by atoms with Crippen LogP contribution in [-0.4, -0.2) is 28.0 Å². The van der Waals surface area contributed by atoms with Gasteiger partial charge in [-0.3, -0.25) is 9.52 Å². The van der Waals surface area contributed by atoms with Crippen LogP contribution in [0.4, 0.5) is 22.7 Å². The molecule has 1 aliphatic rings. The number of methoxy groups -OCH3 is 1. The molecule has 1 aliphatic heterocycles. The van der Waals surface area contributed by atoms with Gasteiger partial charge in [0, 0.05) is 28.4 Å². The number of para-hydroxylation sites is 4. The molecule has 0 spiro atoms. The molecule has 0 atom stereocenters. The summed E-state index contributed by atoms with van der Waals surface area (Å²) in [4.78, 5) is 17.2. The number of rotatable bonds is 8. The standard InChI is InChI=1S/C28H24ClN3O4S2/c1-36-24-11-5-2-8-21(24)31-38(34,35)27-18-19(14-15-20(27)29)30-28(33)16-17-32-22-9-3-6-12-25(22)37-26-13-7-4-10-23(26)32/h2-15,18,31H,16-17H2,1H3,(H,30,33). The highest BCUT2D eigenvalue weighted by atomic mass is 35.5. The zero-order valence-corrected chi connectivity index (χ0v) is 22.7. The molecule has 0 radical (unpaired) electrons. The molecule has 0 aliphatic carbocycles. The van der Waals surface area contributed by atoms with Gasteiger partial charge in [0.05, 0.1) is 29.2 Å². The van der Waals surface area contributed by atoms with Crippen LogP contribution in [-0.2, 0) is 14.8 Å². The van der Waals surface area contributed by atoms with E-state index in [9.17, 15) is 13.2 Å². The molecule has 4 aromatic rings. The van der Waals surface area contributed by atoms with Crippen LogP contribution in [0.25, 0.3) is 0 Å². The van der Waals surface area contributed by atoms with Gasteiger partial charge in [0.2, 0.25) is 5.91 Å². The highest BCUT2D eigenvalue weighted by Gasteiger charge is 2.24. The number of carbonyl (C=O) groups excluding carboxylic acids is 1. The van der Waals surface area contributed by atoms with Crippen molar-refractivity contribution in [3.8, 4) is 5.75 Å². The van der Waals surface area contributed by atoms with Crippen molar-refractivity contribution in [1.82, 2.24) is 0 Å². The molecular formula is C28H24ClN3O4S2. The Hall–Kier alpha value is -3.66. The maximum absolute atomic E-state index is 13.1. The molecule has 10 heteroatoms. The molecule has 0 aromatic heterocycles. The van der Waals surface area contributed by atoms with Gasteiger partial charge in [-0.2, -0.15) is 0 Å². The number of fused-ring (bicyclic) bond motifs is 2. The predicted octanol–water partition coefficient (Wildman–Crippen LogP) is 6.78. The van der Waals surface area contributed by atoms with Gasteiger partial charge < -0.3 is 15.0 Å². The number of hydrogen-bond acceptors (Lipinski definition) is 6. The van der Waals surface area contributed by atoms with Crippen LogP contribution in [0.15, 0.2) is 106 Å². The van der Waals surface area contributed by atoms with Crippen molar-refractivity contribution in [3.05, 3.63) is 96.0 Å². The number of sulfonamides is 1. The Morgan fingerprint density at radius 3 is 2.24 bits per heavy atom. The van der Waals surface area contributed by atoms with Crippen LogP contribution >= 0.6 is 23.4 Å². The van der Waals surface area contributed by atoms with Gasteiger partial charge in [0.15, 0.2) is 0 Å². The molecule has 4 aromatic carbocycles. The molecule has 2 N–H and O–H groups in total. The number of carbonyl (C=O) groups is 1. The lowest BCUT2D eigenvalue weighted by Gasteiger charge is -2.32. The van der Waals surface area contributed by atoms with Gasteiger partial charge in [-0.25, -0.2) is 8.42 Å². The minimum Gasteiger partial charge on any atom is -0.495 e. The molecule has 0 bridgehead atoms. The van der Waals surface area contributed by atoms with Gasteiger partial charge in [0.25, 0.3) is 10.0 Å². The fraction of sp³-hybridized carbons (Fsp3) is 0.107. The van der Waals surface area contributed by atoms with Crippen LogP contribution in [0.2, 0.25) is 5.02 Å². The topological polar surface area (TPSA) is 87.7 Å². The zero-order chi connectivity index (χ0) is 26.7. The molecule has 0 saturated carbocycles. The van der Waals surface area contributed by atoms with E-state index in [2.05, 4.69) is 27.1 Å². The van der Waals surface area contributed by atoms with Crippen LogP contribution in [0, 0.1) is 0 Å². The monoisotopic (exact) mass is 565 g/mol. The van der Waals surface area contributed by atoms with E-state index in [1.807, 2.05) is 36.4 Å². The molecule has 7 nitrogen and oxygen atoms in total. The Labute approximate surface area is 230 Å². The summed E-state index contributed by atoms with van der Waals surface area (Å²) in [5.74, 6) is 0.123. The lowest BCUT2D eigenvalue weighted by Crippen LogP contribution is -2.26. The number of hydrogen-bond donors (Lipinski definition) is 2. The normalized spacial score (nSPS) is 12.3. The van der Waals surface area contributed by atoms with Gasteiger partial charge in [-0.1, -0.05) is 59.8 Å². The summed E-state index contributed by atoms with van der Waals surface area (Å²) < 4.78 is 34.0. The smallest absolute Gasteiger partial charge is 0.263 e. The number of amides is 1. The Bertz CT molecular complexity index is 1570. The van der Waals surface area contributed by atoms with E-state index in [0.29, 0.717) is 18.0 Å². The third-order valence-electron chi connectivity index (χ3n) is 5.95. The summed E-state index contributed by atoms with van der Waals surface area (Å²) in [6, 6.07) is 27.2. The summed E-state index contributed by atoms with van der Waals surface area (Å²) in [6.07, 6.45) is 0.192. The summed E-state index contributed by atoms with van der Waals surface area (Å²) in [5, 5.41) is 2.84. The fourth-order valence-corrected chi connectivity index (χ4v) is 6.87. The van der Waals surface area contributed by atoms with Crippen molar-refractivity contribution < 1.29 is 17.9 Å². The second-order valence-corrected chi connectivity index (χ2v) is 11.6. The average Bonchev–Trinajstić information content (AvgIpc) is 2.92. The third-order valence-corrected chi connectivity index (χ3v) is 8.93. The van der Waals surface area contributed by atoms with Crippen molar-refractivity contribution in [2.24, 2.45) is 0 Å². The molecule has 5 rings (SSSR count). The Morgan fingerprint density at radius 2 is 1.55 bits per heavy atom. The van der Waals surface area contributed by atoms with Gasteiger partial charge >= 0.3 is 0 Å². The van der Waals surface area contributed by atoms with E-state index in [1.54, 1.807) is 42.1 Å². The molecule has 1 heterocycles. The van der Waals surface area contributed by atoms with Gasteiger partial charge in [-0.15, -0.1) is 0 Å². The first-order valence-corrected chi connectivity index (χ1v) is 14.4. The molecule has 0 saturated heterocycles. The summed E-state index contributed by atoms with van der Waals surface area (Å²) in [6.45, 7) is 0.453. The van der Waals surface area contributed by atoms with Crippen molar-refractivity contribution >= 4 is 62.0 Å². The lowest BCUT2D eigenvalue weighted by atomic mass is 10.2. The number of nitrogens with one attached hydrogen (secondary N) is 2. The van der Waals surface area contributed by atoms with Gasteiger partial charge in [-0.05, 0) is 54.6 Å². The van der Waals surface area contributed by atoms with Crippen LogP contribution in [0.5, 0.6) is 5.75 Å². The van der Waals surface area contributed by atoms with Crippen molar-refractivity contribution in [2.75, 3.05) is 28.6 Å². The van der Waals surface area contributed by atoms with Crippen LogP contribution in [0.1, 0.15) is 6.42 Å². The van der Waals surface area contributed by atoms with E-state index in [1.165, 1.54) is 19.2 Å². The highest BCUT2D eigenvalue weighted by Crippen LogP contribution is 2.47. The highest BCUT2D eigenvalue weighted by molar-refractivity contribution is 7.99. The number of nitrogens with zero attached hydrogens (tertiary/aromatic N) is 1. The molecule has 0 fully saturated rings.